The highest BCUT2D eigenvalue weighted by Crippen LogP contribution is 2.55. The number of nitrogens with one attached hydrogen (secondary N) is 1. The van der Waals surface area contributed by atoms with Crippen LogP contribution >= 0.6 is 0 Å². The Balaban J connectivity index is 1.74. The monoisotopic (exact) mass is 377 g/mol. The second-order valence-corrected chi connectivity index (χ2v) is 7.72. The molecule has 1 aromatic rings. The fourth-order valence-electron chi connectivity index (χ4n) is 3.86. The van der Waals surface area contributed by atoms with Crippen molar-refractivity contribution in [1.82, 2.24) is 9.96 Å². The topological polar surface area (TPSA) is 103 Å². The molecule has 1 saturated carbocycles. The Morgan fingerprint density at radius 2 is 2.30 bits per heavy atom. The van der Waals surface area contributed by atoms with Gasteiger partial charge in [-0.25, -0.2) is 5.06 Å². The summed E-state index contributed by atoms with van der Waals surface area (Å²) < 4.78 is 5.18. The second-order valence-electron chi connectivity index (χ2n) is 7.72. The van der Waals surface area contributed by atoms with E-state index in [1.165, 1.54) is 6.26 Å². The summed E-state index contributed by atoms with van der Waals surface area (Å²) in [6, 6.07) is 2.78. The first-order valence-electron chi connectivity index (χ1n) is 9.53. The number of nitrogens with zero attached hydrogens (tertiary/aromatic N) is 2. The molecule has 148 valence electrons. The molecule has 2 atom stereocenters. The third-order valence-corrected chi connectivity index (χ3v) is 5.60. The first-order chi connectivity index (χ1) is 13.0. The van der Waals surface area contributed by atoms with E-state index < -0.39 is 12.0 Å². The molecule has 2 fully saturated rings. The second kappa shape index (κ2) is 8.12. The van der Waals surface area contributed by atoms with Crippen molar-refractivity contribution in [3.8, 4) is 0 Å². The van der Waals surface area contributed by atoms with Crippen molar-refractivity contribution < 1.29 is 24.0 Å². The Morgan fingerprint density at radius 1 is 1.52 bits per heavy atom. The lowest BCUT2D eigenvalue weighted by atomic mass is 9.99. The highest BCUT2D eigenvalue weighted by molar-refractivity contribution is 5.97. The van der Waals surface area contributed by atoms with E-state index >= 15 is 0 Å². The van der Waals surface area contributed by atoms with Gasteiger partial charge in [0.25, 0.3) is 0 Å². The average molecular weight is 377 g/mol. The summed E-state index contributed by atoms with van der Waals surface area (Å²) in [5, 5.41) is 12.8. The third kappa shape index (κ3) is 4.50. The van der Waals surface area contributed by atoms with Crippen LogP contribution in [0.1, 0.15) is 45.4 Å². The molecule has 0 unspecified atom stereocenters. The lowest BCUT2D eigenvalue weighted by Gasteiger charge is -2.29. The summed E-state index contributed by atoms with van der Waals surface area (Å²) in [5.74, 6) is -0.595. The largest absolute Gasteiger partial charge is 0.449 e. The number of carbonyl (C=O) groups is 3. The first-order valence-corrected chi connectivity index (χ1v) is 9.53. The van der Waals surface area contributed by atoms with Gasteiger partial charge in [0.1, 0.15) is 6.04 Å². The Kier molecular flexibility index (Phi) is 5.84. The van der Waals surface area contributed by atoms with Crippen LogP contribution in [0.15, 0.2) is 22.8 Å². The van der Waals surface area contributed by atoms with E-state index in [2.05, 4.69) is 5.32 Å². The van der Waals surface area contributed by atoms with Gasteiger partial charge in [0.15, 0.2) is 5.88 Å². The number of amides is 3. The Labute approximate surface area is 158 Å². The number of carbonyl (C=O) groups excluding carboxylic acids is 3. The van der Waals surface area contributed by atoms with Gasteiger partial charge in [-0.15, -0.1) is 0 Å². The molecular weight excluding hydrogens is 350 g/mol. The van der Waals surface area contributed by atoms with Crippen LogP contribution in [0.25, 0.3) is 0 Å². The highest BCUT2D eigenvalue weighted by atomic mass is 16.5. The van der Waals surface area contributed by atoms with Crippen molar-refractivity contribution in [2.45, 2.75) is 51.5 Å². The van der Waals surface area contributed by atoms with E-state index in [9.17, 15) is 19.6 Å². The molecule has 0 aromatic carbocycles. The maximum Gasteiger partial charge on any atom is 0.249 e. The number of furan rings is 1. The summed E-state index contributed by atoms with van der Waals surface area (Å²) in [4.78, 5) is 38.4. The molecule has 1 aliphatic carbocycles. The summed E-state index contributed by atoms with van der Waals surface area (Å²) in [6.45, 7) is 2.52. The number of rotatable bonds is 9. The van der Waals surface area contributed by atoms with E-state index in [0.717, 1.165) is 25.7 Å². The summed E-state index contributed by atoms with van der Waals surface area (Å²) in [7, 11) is 0. The molecule has 2 heterocycles. The van der Waals surface area contributed by atoms with Gasteiger partial charge < -0.3 is 9.32 Å². The molecule has 0 radical (unpaired) electrons. The molecule has 1 aromatic heterocycles. The third-order valence-electron chi connectivity index (χ3n) is 5.60. The number of hydroxylamine groups is 2. The molecule has 2 N–H and O–H groups in total. The first kappa shape index (κ1) is 19.4. The molecule has 8 heteroatoms. The van der Waals surface area contributed by atoms with Crippen molar-refractivity contribution in [3.63, 3.8) is 0 Å². The highest BCUT2D eigenvalue weighted by Gasteiger charge is 2.55. The quantitative estimate of drug-likeness (QED) is 0.390. The Morgan fingerprint density at radius 3 is 2.89 bits per heavy atom. The van der Waals surface area contributed by atoms with E-state index in [1.54, 1.807) is 17.0 Å². The van der Waals surface area contributed by atoms with Crippen LogP contribution in [-0.2, 0) is 14.4 Å². The number of likely N-dealkylation sites (tertiary alicyclic amines) is 1. The van der Waals surface area contributed by atoms with Crippen LogP contribution in [0.5, 0.6) is 0 Å². The van der Waals surface area contributed by atoms with Crippen LogP contribution in [0.4, 0.5) is 5.88 Å². The molecule has 27 heavy (non-hydrogen) atoms. The predicted octanol–water partition coefficient (Wildman–Crippen LogP) is 2.25. The van der Waals surface area contributed by atoms with E-state index in [-0.39, 0.29) is 23.8 Å². The Hall–Kier alpha value is -2.35. The SMILES string of the molecule is CCCC[C@H](CN(O)C=O)C(=O)N1CC2(CC2)C[C@H]1C(=O)Nc1ccco1. The zero-order valence-corrected chi connectivity index (χ0v) is 15.6. The van der Waals surface area contributed by atoms with E-state index in [1.807, 2.05) is 6.92 Å². The minimum atomic E-state index is -0.558. The minimum absolute atomic E-state index is 0.0414. The maximum absolute atomic E-state index is 13.2. The minimum Gasteiger partial charge on any atom is -0.449 e. The zero-order chi connectivity index (χ0) is 19.4. The molecule has 1 spiro atoms. The van der Waals surface area contributed by atoms with Crippen LogP contribution in [0.3, 0.4) is 0 Å². The molecule has 2 aliphatic rings. The molecular formula is C19H27N3O5. The smallest absolute Gasteiger partial charge is 0.249 e. The fraction of sp³-hybridized carbons (Fsp3) is 0.632. The standard InChI is InChI=1S/C19H27N3O5/c1-2-3-5-14(11-21(26)13-23)18(25)22-12-19(7-8-19)10-15(22)17(24)20-16-6-4-9-27-16/h4,6,9,13-15,26H,2-3,5,7-8,10-12H2,1H3,(H,20,24)/t14-,15+/m1/s1. The molecule has 1 saturated heterocycles. The van der Waals surface area contributed by atoms with Crippen LogP contribution in [-0.4, -0.2) is 52.5 Å². The van der Waals surface area contributed by atoms with Gasteiger partial charge in [-0.05, 0) is 37.2 Å². The van der Waals surface area contributed by atoms with Gasteiger partial charge in [0.05, 0.1) is 18.7 Å². The molecule has 3 rings (SSSR count). The molecule has 0 bridgehead atoms. The lowest BCUT2D eigenvalue weighted by molar-refractivity contribution is -0.157. The van der Waals surface area contributed by atoms with Crippen molar-refractivity contribution in [2.24, 2.45) is 11.3 Å². The number of hydrogen-bond acceptors (Lipinski definition) is 5. The van der Waals surface area contributed by atoms with Crippen LogP contribution in [0, 0.1) is 11.3 Å². The molecule has 3 amide bonds. The lowest BCUT2D eigenvalue weighted by Crippen LogP contribution is -2.47. The summed E-state index contributed by atoms with van der Waals surface area (Å²) in [6.07, 6.45) is 6.74. The number of unbranched alkanes of at least 4 members (excludes halogenated alkanes) is 1. The van der Waals surface area contributed by atoms with Gasteiger partial charge >= 0.3 is 0 Å². The van der Waals surface area contributed by atoms with Crippen molar-refractivity contribution >= 4 is 24.1 Å². The number of hydrogen-bond donors (Lipinski definition) is 2. The van der Waals surface area contributed by atoms with Gasteiger partial charge in [0, 0.05) is 12.6 Å². The number of anilines is 1. The van der Waals surface area contributed by atoms with Gasteiger partial charge in [-0.2, -0.15) is 0 Å². The van der Waals surface area contributed by atoms with Crippen molar-refractivity contribution in [1.29, 1.82) is 0 Å². The average Bonchev–Trinajstić information content (AvgIpc) is 3.05. The summed E-state index contributed by atoms with van der Waals surface area (Å²) >= 11 is 0. The van der Waals surface area contributed by atoms with Gasteiger partial charge in [-0.1, -0.05) is 19.8 Å². The van der Waals surface area contributed by atoms with Crippen molar-refractivity contribution in [2.75, 3.05) is 18.4 Å². The van der Waals surface area contributed by atoms with Gasteiger partial charge in [-0.3, -0.25) is 24.9 Å². The normalized spacial score (nSPS) is 21.1. The zero-order valence-electron chi connectivity index (χ0n) is 15.6. The van der Waals surface area contributed by atoms with Gasteiger partial charge in [0.2, 0.25) is 18.2 Å². The Bertz CT molecular complexity index is 671. The maximum atomic E-state index is 13.2. The van der Waals surface area contributed by atoms with E-state index in [0.29, 0.717) is 36.7 Å². The summed E-state index contributed by atoms with van der Waals surface area (Å²) in [5.41, 5.74) is 0.0414. The van der Waals surface area contributed by atoms with Crippen molar-refractivity contribution in [3.05, 3.63) is 18.4 Å². The predicted molar refractivity (Wildman–Crippen MR) is 96.7 cm³/mol. The fourth-order valence-corrected chi connectivity index (χ4v) is 3.86. The molecule has 1 aliphatic heterocycles. The van der Waals surface area contributed by atoms with E-state index in [4.69, 9.17) is 4.42 Å². The molecule has 8 nitrogen and oxygen atoms in total. The van der Waals surface area contributed by atoms with Crippen LogP contribution in [0.2, 0.25) is 0 Å². The van der Waals surface area contributed by atoms with Crippen LogP contribution < -0.4 is 5.32 Å².